The van der Waals surface area contributed by atoms with Gasteiger partial charge in [-0.25, -0.2) is 0 Å². The molecular formula is C12H22N2O. The Labute approximate surface area is 92.2 Å². The number of carbonyl (C=O) groups is 1. The molecule has 1 saturated heterocycles. The van der Waals surface area contributed by atoms with Crippen LogP contribution in [0.4, 0.5) is 0 Å². The van der Waals surface area contributed by atoms with Crippen LogP contribution in [0.15, 0.2) is 0 Å². The van der Waals surface area contributed by atoms with E-state index in [1.54, 1.807) is 0 Å². The van der Waals surface area contributed by atoms with E-state index in [4.69, 9.17) is 0 Å². The number of hydrogen-bond acceptors (Lipinski definition) is 2. The molecule has 3 nitrogen and oxygen atoms in total. The molecule has 2 rings (SSSR count). The van der Waals surface area contributed by atoms with Gasteiger partial charge in [-0.1, -0.05) is 20.8 Å². The van der Waals surface area contributed by atoms with Gasteiger partial charge < -0.3 is 4.90 Å². The molecule has 1 aliphatic carbocycles. The summed E-state index contributed by atoms with van der Waals surface area (Å²) in [4.78, 5) is 13.8. The SMILES string of the molecule is CC(C)CC1NCC(=O)N1CC1(C)CC1. The van der Waals surface area contributed by atoms with Gasteiger partial charge in [0, 0.05) is 6.54 Å². The lowest BCUT2D eigenvalue weighted by Crippen LogP contribution is -2.41. The molecule has 86 valence electrons. The Kier molecular flexibility index (Phi) is 2.75. The van der Waals surface area contributed by atoms with E-state index in [-0.39, 0.29) is 12.1 Å². The van der Waals surface area contributed by atoms with E-state index < -0.39 is 0 Å². The highest BCUT2D eigenvalue weighted by Crippen LogP contribution is 2.46. The third-order valence-corrected chi connectivity index (χ3v) is 3.54. The fraction of sp³-hybridized carbons (Fsp3) is 0.917. The fourth-order valence-corrected chi connectivity index (χ4v) is 2.23. The Morgan fingerprint density at radius 2 is 2.20 bits per heavy atom. The Bertz CT molecular complexity index is 258. The normalized spacial score (nSPS) is 28.9. The van der Waals surface area contributed by atoms with Crippen molar-refractivity contribution in [3.05, 3.63) is 0 Å². The molecule has 2 aliphatic rings. The van der Waals surface area contributed by atoms with Crippen LogP contribution in [0.2, 0.25) is 0 Å². The van der Waals surface area contributed by atoms with Crippen LogP contribution in [0.5, 0.6) is 0 Å². The summed E-state index contributed by atoms with van der Waals surface area (Å²) in [5.74, 6) is 0.927. The standard InChI is InChI=1S/C12H22N2O/c1-9(2)6-10-13-7-11(15)14(10)8-12(3)4-5-12/h9-10,13H,4-8H2,1-3H3. The van der Waals surface area contributed by atoms with Crippen molar-refractivity contribution in [1.82, 2.24) is 10.2 Å². The third kappa shape index (κ3) is 2.51. The molecule has 15 heavy (non-hydrogen) atoms. The monoisotopic (exact) mass is 210 g/mol. The van der Waals surface area contributed by atoms with Crippen LogP contribution < -0.4 is 5.32 Å². The van der Waals surface area contributed by atoms with E-state index in [1.807, 2.05) is 0 Å². The van der Waals surface area contributed by atoms with Gasteiger partial charge in [0.1, 0.15) is 0 Å². The molecule has 1 heterocycles. The Hall–Kier alpha value is -0.570. The summed E-state index contributed by atoms with van der Waals surface area (Å²) in [5.41, 5.74) is 0.427. The molecule has 1 atom stereocenters. The van der Waals surface area contributed by atoms with Crippen molar-refractivity contribution in [3.8, 4) is 0 Å². The van der Waals surface area contributed by atoms with Crippen LogP contribution in [0.1, 0.15) is 40.0 Å². The lowest BCUT2D eigenvalue weighted by Gasteiger charge is -2.28. The van der Waals surface area contributed by atoms with E-state index in [9.17, 15) is 4.79 Å². The zero-order valence-electron chi connectivity index (χ0n) is 10.0. The van der Waals surface area contributed by atoms with Gasteiger partial charge in [-0.3, -0.25) is 10.1 Å². The van der Waals surface area contributed by atoms with E-state index >= 15 is 0 Å². The first kappa shape index (κ1) is 10.9. The molecular weight excluding hydrogens is 188 g/mol. The minimum absolute atomic E-state index is 0.286. The summed E-state index contributed by atoms with van der Waals surface area (Å²) in [6.45, 7) is 8.19. The number of rotatable bonds is 4. The van der Waals surface area contributed by atoms with Gasteiger partial charge in [0.2, 0.25) is 5.91 Å². The highest BCUT2D eigenvalue weighted by Gasteiger charge is 2.43. The van der Waals surface area contributed by atoms with Gasteiger partial charge in [0.05, 0.1) is 12.7 Å². The zero-order chi connectivity index (χ0) is 11.1. The van der Waals surface area contributed by atoms with Gasteiger partial charge in [0.15, 0.2) is 0 Å². The molecule has 0 spiro atoms. The second-order valence-corrected chi connectivity index (χ2v) is 5.86. The van der Waals surface area contributed by atoms with Gasteiger partial charge in [-0.05, 0) is 30.6 Å². The van der Waals surface area contributed by atoms with Gasteiger partial charge in [0.25, 0.3) is 0 Å². The van der Waals surface area contributed by atoms with Crippen LogP contribution in [-0.2, 0) is 4.79 Å². The van der Waals surface area contributed by atoms with E-state index in [2.05, 4.69) is 31.0 Å². The minimum atomic E-state index is 0.286. The van der Waals surface area contributed by atoms with Gasteiger partial charge in [-0.2, -0.15) is 0 Å². The molecule has 1 aliphatic heterocycles. The molecule has 0 aromatic heterocycles. The first-order valence-corrected chi connectivity index (χ1v) is 6.03. The number of nitrogens with one attached hydrogen (secondary N) is 1. The summed E-state index contributed by atoms with van der Waals surface area (Å²) in [5, 5.41) is 3.31. The quantitative estimate of drug-likeness (QED) is 0.764. The maximum Gasteiger partial charge on any atom is 0.237 e. The number of hydrogen-bond donors (Lipinski definition) is 1. The summed E-state index contributed by atoms with van der Waals surface area (Å²) in [6.07, 6.45) is 3.92. The molecule has 1 unspecified atom stereocenters. The Morgan fingerprint density at radius 1 is 1.53 bits per heavy atom. The summed E-state index contributed by atoms with van der Waals surface area (Å²) in [6, 6.07) is 0. The zero-order valence-corrected chi connectivity index (χ0v) is 10.0. The van der Waals surface area contributed by atoms with Crippen LogP contribution in [0.3, 0.4) is 0 Å². The molecule has 0 aromatic carbocycles. The largest absolute Gasteiger partial charge is 0.325 e. The Morgan fingerprint density at radius 3 is 2.73 bits per heavy atom. The Balaban J connectivity index is 1.95. The van der Waals surface area contributed by atoms with Crippen molar-refractivity contribution >= 4 is 5.91 Å². The van der Waals surface area contributed by atoms with Crippen molar-refractivity contribution in [2.75, 3.05) is 13.1 Å². The van der Waals surface area contributed by atoms with E-state index in [0.29, 0.717) is 17.9 Å². The van der Waals surface area contributed by atoms with E-state index in [1.165, 1.54) is 12.8 Å². The minimum Gasteiger partial charge on any atom is -0.325 e. The first-order chi connectivity index (χ1) is 7.00. The lowest BCUT2D eigenvalue weighted by molar-refractivity contribution is -0.128. The molecule has 0 radical (unpaired) electrons. The predicted octanol–water partition coefficient (Wildman–Crippen LogP) is 1.59. The van der Waals surface area contributed by atoms with E-state index in [0.717, 1.165) is 13.0 Å². The van der Waals surface area contributed by atoms with Gasteiger partial charge in [-0.15, -0.1) is 0 Å². The molecule has 1 amide bonds. The first-order valence-electron chi connectivity index (χ1n) is 6.03. The van der Waals surface area contributed by atoms with Crippen molar-refractivity contribution in [1.29, 1.82) is 0 Å². The highest BCUT2D eigenvalue weighted by atomic mass is 16.2. The topological polar surface area (TPSA) is 32.3 Å². The highest BCUT2D eigenvalue weighted by molar-refractivity contribution is 5.80. The summed E-state index contributed by atoms with van der Waals surface area (Å²) < 4.78 is 0. The van der Waals surface area contributed by atoms with Crippen molar-refractivity contribution in [2.24, 2.45) is 11.3 Å². The molecule has 0 bridgehead atoms. The molecule has 1 saturated carbocycles. The predicted molar refractivity (Wildman–Crippen MR) is 60.3 cm³/mol. The maximum absolute atomic E-state index is 11.7. The third-order valence-electron chi connectivity index (χ3n) is 3.54. The molecule has 1 N–H and O–H groups in total. The van der Waals surface area contributed by atoms with Crippen LogP contribution >= 0.6 is 0 Å². The lowest BCUT2D eigenvalue weighted by atomic mass is 10.1. The molecule has 3 heteroatoms. The van der Waals surface area contributed by atoms with Crippen molar-refractivity contribution in [2.45, 2.75) is 46.2 Å². The molecule has 0 aromatic rings. The average molecular weight is 210 g/mol. The average Bonchev–Trinajstić information content (AvgIpc) is 2.78. The van der Waals surface area contributed by atoms with Crippen LogP contribution in [-0.4, -0.2) is 30.1 Å². The van der Waals surface area contributed by atoms with Crippen LogP contribution in [0.25, 0.3) is 0 Å². The summed E-state index contributed by atoms with van der Waals surface area (Å²) >= 11 is 0. The van der Waals surface area contributed by atoms with Gasteiger partial charge >= 0.3 is 0 Å². The fourth-order valence-electron chi connectivity index (χ4n) is 2.23. The number of amides is 1. The molecule has 2 fully saturated rings. The smallest absolute Gasteiger partial charge is 0.237 e. The summed E-state index contributed by atoms with van der Waals surface area (Å²) in [7, 11) is 0. The number of carbonyl (C=O) groups excluding carboxylic acids is 1. The second kappa shape index (κ2) is 3.78. The van der Waals surface area contributed by atoms with Crippen molar-refractivity contribution in [3.63, 3.8) is 0 Å². The van der Waals surface area contributed by atoms with Crippen LogP contribution in [0, 0.1) is 11.3 Å². The second-order valence-electron chi connectivity index (χ2n) is 5.86. The maximum atomic E-state index is 11.7. The number of nitrogens with zero attached hydrogens (tertiary/aromatic N) is 1. The van der Waals surface area contributed by atoms with Crippen molar-refractivity contribution < 1.29 is 4.79 Å².